The molecule has 2 heterocycles. The third kappa shape index (κ3) is 5.69. The van der Waals surface area contributed by atoms with Crippen LogP contribution < -0.4 is 5.32 Å². The molecule has 1 amide bonds. The van der Waals surface area contributed by atoms with Crippen LogP contribution in [0.5, 0.6) is 0 Å². The van der Waals surface area contributed by atoms with Crippen molar-refractivity contribution in [2.75, 3.05) is 25.0 Å². The number of piperidine rings is 1. The van der Waals surface area contributed by atoms with Gasteiger partial charge in [0.25, 0.3) is 0 Å². The van der Waals surface area contributed by atoms with Gasteiger partial charge in [-0.05, 0) is 76.5 Å². The van der Waals surface area contributed by atoms with Crippen LogP contribution in [0.1, 0.15) is 47.1 Å². The van der Waals surface area contributed by atoms with Crippen LogP contribution in [-0.4, -0.2) is 46.6 Å². The molecule has 0 spiro atoms. The molecule has 8 heteroatoms. The molecule has 34 heavy (non-hydrogen) atoms. The molecule has 0 aliphatic carbocycles. The number of carbonyl (C=O) groups excluding carboxylic acids is 2. The molecule has 1 fully saturated rings. The van der Waals surface area contributed by atoms with Gasteiger partial charge in [-0.1, -0.05) is 28.9 Å². The highest BCUT2D eigenvalue weighted by Gasteiger charge is 2.26. The van der Waals surface area contributed by atoms with Gasteiger partial charge in [0.15, 0.2) is 0 Å². The lowest BCUT2D eigenvalue weighted by Gasteiger charge is -2.30. The fourth-order valence-corrected chi connectivity index (χ4v) is 4.15. The Kier molecular flexibility index (Phi) is 7.37. The number of likely N-dealkylation sites (tertiary alicyclic amines) is 1. The van der Waals surface area contributed by atoms with Gasteiger partial charge in [0.1, 0.15) is 0 Å². The topological polar surface area (TPSA) is 97.6 Å². The van der Waals surface area contributed by atoms with E-state index in [9.17, 15) is 9.59 Å². The minimum absolute atomic E-state index is 0.00570. The average molecular weight is 463 g/mol. The number of anilines is 1. The zero-order chi connectivity index (χ0) is 24.1. The molecule has 1 aliphatic heterocycles. The Morgan fingerprint density at radius 1 is 1.15 bits per heavy atom. The highest BCUT2D eigenvalue weighted by Crippen LogP contribution is 2.24. The zero-order valence-electron chi connectivity index (χ0n) is 19.8. The van der Waals surface area contributed by atoms with Gasteiger partial charge >= 0.3 is 5.97 Å². The van der Waals surface area contributed by atoms with Crippen LogP contribution in [0.15, 0.2) is 47.0 Å². The van der Waals surface area contributed by atoms with E-state index in [1.165, 1.54) is 0 Å². The number of carbonyl (C=O) groups is 2. The summed E-state index contributed by atoms with van der Waals surface area (Å²) in [5.74, 6) is 0.759. The summed E-state index contributed by atoms with van der Waals surface area (Å²) < 4.78 is 10.5. The maximum Gasteiger partial charge on any atom is 0.338 e. The van der Waals surface area contributed by atoms with Crippen LogP contribution in [0.3, 0.4) is 0 Å². The van der Waals surface area contributed by atoms with Gasteiger partial charge in [0.2, 0.25) is 17.6 Å². The van der Waals surface area contributed by atoms with Crippen LogP contribution in [0.4, 0.5) is 5.69 Å². The molecular formula is C26H30N4O4. The molecule has 0 saturated carbocycles. The van der Waals surface area contributed by atoms with Crippen LogP contribution in [0.2, 0.25) is 0 Å². The molecule has 1 aliphatic rings. The SMILES string of the molecule is CCOC(=O)c1ccc(NC(=O)C2CCN(Cc3nc(-c4cccc(C)c4)no3)CC2)c(C)c1. The second-order valence-corrected chi connectivity index (χ2v) is 8.67. The Balaban J connectivity index is 1.28. The highest BCUT2D eigenvalue weighted by atomic mass is 16.5. The Morgan fingerprint density at radius 3 is 2.65 bits per heavy atom. The first-order valence-electron chi connectivity index (χ1n) is 11.6. The van der Waals surface area contributed by atoms with Crippen LogP contribution in [-0.2, 0) is 16.1 Å². The third-order valence-corrected chi connectivity index (χ3v) is 6.06. The van der Waals surface area contributed by atoms with Crippen molar-refractivity contribution < 1.29 is 18.8 Å². The molecule has 1 N–H and O–H groups in total. The number of esters is 1. The summed E-state index contributed by atoms with van der Waals surface area (Å²) in [5, 5.41) is 7.13. The van der Waals surface area contributed by atoms with E-state index >= 15 is 0 Å². The van der Waals surface area contributed by atoms with Crippen molar-refractivity contribution in [2.45, 2.75) is 40.2 Å². The molecule has 4 rings (SSSR count). The number of amides is 1. The van der Waals surface area contributed by atoms with E-state index in [0.717, 1.165) is 48.3 Å². The van der Waals surface area contributed by atoms with Gasteiger partial charge in [-0.2, -0.15) is 4.98 Å². The smallest absolute Gasteiger partial charge is 0.338 e. The van der Waals surface area contributed by atoms with Crippen LogP contribution in [0, 0.1) is 19.8 Å². The summed E-state index contributed by atoms with van der Waals surface area (Å²) in [4.78, 5) is 31.5. The van der Waals surface area contributed by atoms with E-state index in [0.29, 0.717) is 30.4 Å². The second kappa shape index (κ2) is 10.6. The first kappa shape index (κ1) is 23.6. The Labute approximate surface area is 199 Å². The molecule has 3 aromatic rings. The first-order chi connectivity index (χ1) is 16.4. The summed E-state index contributed by atoms with van der Waals surface area (Å²) in [5.41, 5.74) is 4.12. The number of nitrogens with zero attached hydrogens (tertiary/aromatic N) is 3. The standard InChI is InChI=1S/C26H30N4O4/c1-4-33-26(32)21-8-9-22(18(3)15-21)27-25(31)19-10-12-30(13-11-19)16-23-28-24(29-34-23)20-7-5-6-17(2)14-20/h5-9,14-15,19H,4,10-13,16H2,1-3H3,(H,27,31). The van der Waals surface area contributed by atoms with E-state index in [2.05, 4.69) is 20.4 Å². The number of ether oxygens (including phenoxy) is 1. The van der Waals surface area contributed by atoms with E-state index in [-0.39, 0.29) is 17.8 Å². The van der Waals surface area contributed by atoms with Crippen molar-refractivity contribution in [1.82, 2.24) is 15.0 Å². The van der Waals surface area contributed by atoms with Gasteiger partial charge in [0.05, 0.1) is 18.7 Å². The summed E-state index contributed by atoms with van der Waals surface area (Å²) >= 11 is 0. The number of hydrogen-bond acceptors (Lipinski definition) is 7. The number of benzene rings is 2. The third-order valence-electron chi connectivity index (χ3n) is 6.06. The van der Waals surface area contributed by atoms with Crippen molar-refractivity contribution in [3.8, 4) is 11.4 Å². The van der Waals surface area contributed by atoms with Crippen molar-refractivity contribution in [2.24, 2.45) is 5.92 Å². The molecule has 0 radical (unpaired) electrons. The molecule has 1 saturated heterocycles. The maximum atomic E-state index is 12.8. The van der Waals surface area contributed by atoms with E-state index in [1.807, 2.05) is 38.1 Å². The molecule has 8 nitrogen and oxygen atoms in total. The van der Waals surface area contributed by atoms with Crippen molar-refractivity contribution >= 4 is 17.6 Å². The number of aromatic nitrogens is 2. The zero-order valence-corrected chi connectivity index (χ0v) is 19.8. The Bertz CT molecular complexity index is 1170. The van der Waals surface area contributed by atoms with Gasteiger partial charge in [-0.3, -0.25) is 9.69 Å². The summed E-state index contributed by atoms with van der Waals surface area (Å²) in [7, 11) is 0. The molecule has 178 valence electrons. The fraction of sp³-hybridized carbons (Fsp3) is 0.385. The van der Waals surface area contributed by atoms with Crippen LogP contribution >= 0.6 is 0 Å². The minimum atomic E-state index is -0.358. The van der Waals surface area contributed by atoms with Crippen molar-refractivity contribution in [3.05, 3.63) is 65.0 Å². The molecule has 1 aromatic heterocycles. The lowest BCUT2D eigenvalue weighted by molar-refractivity contribution is -0.121. The fourth-order valence-electron chi connectivity index (χ4n) is 4.15. The largest absolute Gasteiger partial charge is 0.462 e. The van der Waals surface area contributed by atoms with Gasteiger partial charge in [0, 0.05) is 17.2 Å². The second-order valence-electron chi connectivity index (χ2n) is 8.67. The Morgan fingerprint density at radius 2 is 1.94 bits per heavy atom. The quantitative estimate of drug-likeness (QED) is 0.520. The highest BCUT2D eigenvalue weighted by molar-refractivity contribution is 5.95. The lowest BCUT2D eigenvalue weighted by Crippen LogP contribution is -2.37. The number of rotatable bonds is 7. The van der Waals surface area contributed by atoms with Gasteiger partial charge in [-0.25, -0.2) is 4.79 Å². The van der Waals surface area contributed by atoms with Crippen LogP contribution in [0.25, 0.3) is 11.4 Å². The average Bonchev–Trinajstić information content (AvgIpc) is 3.29. The molecular weight excluding hydrogens is 432 g/mol. The van der Waals surface area contributed by atoms with Gasteiger partial charge < -0.3 is 14.6 Å². The van der Waals surface area contributed by atoms with E-state index in [4.69, 9.17) is 9.26 Å². The number of nitrogens with one attached hydrogen (secondary N) is 1. The first-order valence-corrected chi connectivity index (χ1v) is 11.6. The number of hydrogen-bond donors (Lipinski definition) is 1. The monoisotopic (exact) mass is 462 g/mol. The molecule has 0 unspecified atom stereocenters. The molecule has 0 bridgehead atoms. The number of aryl methyl sites for hydroxylation is 2. The van der Waals surface area contributed by atoms with E-state index < -0.39 is 0 Å². The lowest BCUT2D eigenvalue weighted by atomic mass is 9.95. The minimum Gasteiger partial charge on any atom is -0.462 e. The normalized spacial score (nSPS) is 14.7. The van der Waals surface area contributed by atoms with Crippen molar-refractivity contribution in [3.63, 3.8) is 0 Å². The maximum absolute atomic E-state index is 12.8. The van der Waals surface area contributed by atoms with Crippen molar-refractivity contribution in [1.29, 1.82) is 0 Å². The summed E-state index contributed by atoms with van der Waals surface area (Å²) in [6.07, 6.45) is 1.51. The van der Waals surface area contributed by atoms with E-state index in [1.54, 1.807) is 25.1 Å². The predicted molar refractivity (Wildman–Crippen MR) is 128 cm³/mol. The Hall–Kier alpha value is -3.52. The summed E-state index contributed by atoms with van der Waals surface area (Å²) in [6.45, 7) is 8.13. The predicted octanol–water partition coefficient (Wildman–Crippen LogP) is 4.38. The van der Waals surface area contributed by atoms with Gasteiger partial charge in [-0.15, -0.1) is 0 Å². The molecule has 2 aromatic carbocycles. The summed E-state index contributed by atoms with van der Waals surface area (Å²) in [6, 6.07) is 13.2. The molecule has 0 atom stereocenters.